The minimum atomic E-state index is -0.251. The number of Topliss-reactive ketones (excluding diaryl/α,β-unsaturated/α-hetero) is 1. The fourth-order valence-corrected chi connectivity index (χ4v) is 3.16. The van der Waals surface area contributed by atoms with E-state index in [0.717, 1.165) is 11.3 Å². The van der Waals surface area contributed by atoms with Crippen LogP contribution in [0, 0.1) is 25.2 Å². The van der Waals surface area contributed by atoms with Gasteiger partial charge in [0.2, 0.25) is 5.91 Å². The van der Waals surface area contributed by atoms with E-state index in [4.69, 9.17) is 0 Å². The van der Waals surface area contributed by atoms with Crippen molar-refractivity contribution in [1.82, 2.24) is 4.98 Å². The van der Waals surface area contributed by atoms with Gasteiger partial charge in [-0.05, 0) is 44.5 Å². The van der Waals surface area contributed by atoms with Crippen molar-refractivity contribution in [2.75, 3.05) is 11.1 Å². The Balaban J connectivity index is 2.10. The van der Waals surface area contributed by atoms with E-state index in [9.17, 15) is 14.9 Å². The highest BCUT2D eigenvalue weighted by atomic mass is 32.2. The average Bonchev–Trinajstić information content (AvgIpc) is 2.52. The van der Waals surface area contributed by atoms with Crippen molar-refractivity contribution in [3.05, 3.63) is 52.7 Å². The Kier molecular flexibility index (Phi) is 5.72. The molecule has 1 N–H and O–H groups in total. The van der Waals surface area contributed by atoms with Gasteiger partial charge < -0.3 is 5.32 Å². The summed E-state index contributed by atoms with van der Waals surface area (Å²) in [5, 5.41) is 12.5. The maximum absolute atomic E-state index is 12.2. The number of hydrogen-bond acceptors (Lipinski definition) is 5. The molecule has 0 aliphatic carbocycles. The second-order valence-corrected chi connectivity index (χ2v) is 6.28. The first-order valence-electron chi connectivity index (χ1n) is 7.33. The average molecular weight is 339 g/mol. The molecule has 6 heteroatoms. The molecule has 2 rings (SSSR count). The molecular weight excluding hydrogens is 322 g/mol. The van der Waals surface area contributed by atoms with Crippen LogP contribution < -0.4 is 5.32 Å². The summed E-state index contributed by atoms with van der Waals surface area (Å²) in [4.78, 5) is 28.1. The van der Waals surface area contributed by atoms with Gasteiger partial charge in [-0.15, -0.1) is 0 Å². The predicted octanol–water partition coefficient (Wildman–Crippen LogP) is 3.50. The van der Waals surface area contributed by atoms with Gasteiger partial charge in [0.1, 0.15) is 11.1 Å². The monoisotopic (exact) mass is 339 g/mol. The molecule has 0 bridgehead atoms. The van der Waals surface area contributed by atoms with Crippen LogP contribution in [-0.2, 0) is 4.79 Å². The summed E-state index contributed by atoms with van der Waals surface area (Å²) >= 11 is 1.21. The lowest BCUT2D eigenvalue weighted by atomic mass is 10.1. The first-order valence-corrected chi connectivity index (χ1v) is 8.32. The van der Waals surface area contributed by atoms with Gasteiger partial charge in [0, 0.05) is 11.3 Å². The Morgan fingerprint density at radius 1 is 1.29 bits per heavy atom. The number of carbonyl (C=O) groups is 2. The lowest BCUT2D eigenvalue weighted by Gasteiger charge is -2.10. The molecule has 0 saturated heterocycles. The van der Waals surface area contributed by atoms with Gasteiger partial charge in [-0.2, -0.15) is 5.26 Å². The number of rotatable bonds is 5. The number of nitrogens with one attached hydrogen (secondary N) is 1. The largest absolute Gasteiger partial charge is 0.325 e. The number of aromatic nitrogens is 1. The second kappa shape index (κ2) is 7.75. The zero-order valence-corrected chi connectivity index (χ0v) is 14.5. The molecule has 122 valence electrons. The molecule has 1 aromatic carbocycles. The van der Waals surface area contributed by atoms with Gasteiger partial charge in [0.05, 0.1) is 17.0 Å². The highest BCUT2D eigenvalue weighted by Crippen LogP contribution is 2.24. The number of hydrogen-bond donors (Lipinski definition) is 1. The standard InChI is InChI=1S/C18H17N3O2S/c1-11-8-12(2)20-18(15(11)9-19)24-10-17(23)21-16-7-5-4-6-14(16)13(3)22/h4-8H,10H2,1-3H3,(H,21,23). The SMILES string of the molecule is CC(=O)c1ccccc1NC(=O)CSc1nc(C)cc(C)c1C#N. The smallest absolute Gasteiger partial charge is 0.234 e. The van der Waals surface area contributed by atoms with Crippen LogP contribution in [0.4, 0.5) is 5.69 Å². The minimum Gasteiger partial charge on any atom is -0.325 e. The van der Waals surface area contributed by atoms with Crippen LogP contribution in [0.2, 0.25) is 0 Å². The molecule has 0 aliphatic heterocycles. The van der Waals surface area contributed by atoms with E-state index in [0.29, 0.717) is 21.8 Å². The number of benzene rings is 1. The zero-order valence-electron chi connectivity index (χ0n) is 13.7. The van der Waals surface area contributed by atoms with E-state index in [1.807, 2.05) is 19.9 Å². The summed E-state index contributed by atoms with van der Waals surface area (Å²) in [5.74, 6) is -0.253. The first-order chi connectivity index (χ1) is 11.4. The molecule has 1 heterocycles. The number of amides is 1. The van der Waals surface area contributed by atoms with Crippen molar-refractivity contribution in [1.29, 1.82) is 5.26 Å². The van der Waals surface area contributed by atoms with Crippen LogP contribution in [0.3, 0.4) is 0 Å². The Bertz CT molecular complexity index is 841. The third-order valence-electron chi connectivity index (χ3n) is 3.34. The van der Waals surface area contributed by atoms with E-state index in [2.05, 4.69) is 16.4 Å². The summed E-state index contributed by atoms with van der Waals surface area (Å²) in [6.45, 7) is 5.15. The molecule has 5 nitrogen and oxygen atoms in total. The lowest BCUT2D eigenvalue weighted by Crippen LogP contribution is -2.16. The quantitative estimate of drug-likeness (QED) is 0.666. The van der Waals surface area contributed by atoms with Crippen LogP contribution >= 0.6 is 11.8 Å². The van der Waals surface area contributed by atoms with Crippen LogP contribution in [0.25, 0.3) is 0 Å². The van der Waals surface area contributed by atoms with Gasteiger partial charge >= 0.3 is 0 Å². The number of aryl methyl sites for hydroxylation is 2. The molecule has 2 aromatic rings. The van der Waals surface area contributed by atoms with Gasteiger partial charge in [-0.1, -0.05) is 23.9 Å². The van der Waals surface area contributed by atoms with Gasteiger partial charge in [-0.25, -0.2) is 4.98 Å². The van der Waals surface area contributed by atoms with Crippen LogP contribution in [-0.4, -0.2) is 22.4 Å². The summed E-state index contributed by atoms with van der Waals surface area (Å²) in [6.07, 6.45) is 0. The highest BCUT2D eigenvalue weighted by molar-refractivity contribution is 8.00. The van der Waals surface area contributed by atoms with E-state index < -0.39 is 0 Å². The van der Waals surface area contributed by atoms with E-state index in [-0.39, 0.29) is 17.4 Å². The van der Waals surface area contributed by atoms with Crippen LogP contribution in [0.1, 0.15) is 34.1 Å². The fraction of sp³-hybridized carbons (Fsp3) is 0.222. The molecule has 0 atom stereocenters. The number of pyridine rings is 1. The number of thioether (sulfide) groups is 1. The van der Waals surface area contributed by atoms with Crippen molar-refractivity contribution in [3.63, 3.8) is 0 Å². The van der Waals surface area contributed by atoms with Crippen LogP contribution in [0.5, 0.6) is 0 Å². The Morgan fingerprint density at radius 3 is 2.67 bits per heavy atom. The van der Waals surface area contributed by atoms with Crippen LogP contribution in [0.15, 0.2) is 35.4 Å². The number of nitrogens with zero attached hydrogens (tertiary/aromatic N) is 2. The third-order valence-corrected chi connectivity index (χ3v) is 4.32. The molecule has 0 saturated carbocycles. The normalized spacial score (nSPS) is 10.1. The second-order valence-electron chi connectivity index (χ2n) is 5.31. The van der Waals surface area contributed by atoms with Crippen molar-refractivity contribution < 1.29 is 9.59 Å². The number of ketones is 1. The number of carbonyl (C=O) groups excluding carboxylic acids is 2. The Labute approximate surface area is 145 Å². The van der Waals surface area contributed by atoms with E-state index >= 15 is 0 Å². The molecule has 1 amide bonds. The number of nitriles is 1. The lowest BCUT2D eigenvalue weighted by molar-refractivity contribution is -0.113. The molecule has 0 fully saturated rings. The number of para-hydroxylation sites is 1. The molecular formula is C18H17N3O2S. The maximum Gasteiger partial charge on any atom is 0.234 e. The summed E-state index contributed by atoms with van der Waals surface area (Å²) in [7, 11) is 0. The Morgan fingerprint density at radius 2 is 2.00 bits per heavy atom. The van der Waals surface area contributed by atoms with Crippen molar-refractivity contribution in [2.24, 2.45) is 0 Å². The topological polar surface area (TPSA) is 82.8 Å². The predicted molar refractivity (Wildman–Crippen MR) is 94.2 cm³/mol. The molecule has 1 aromatic heterocycles. The zero-order chi connectivity index (χ0) is 17.7. The number of anilines is 1. The summed E-state index contributed by atoms with van der Waals surface area (Å²) in [6, 6.07) is 10.8. The summed E-state index contributed by atoms with van der Waals surface area (Å²) in [5.41, 5.74) is 3.09. The third kappa shape index (κ3) is 4.21. The van der Waals surface area contributed by atoms with Crippen molar-refractivity contribution in [3.8, 4) is 6.07 Å². The van der Waals surface area contributed by atoms with Crippen molar-refractivity contribution in [2.45, 2.75) is 25.8 Å². The van der Waals surface area contributed by atoms with Crippen molar-refractivity contribution >= 4 is 29.1 Å². The Hall–Kier alpha value is -2.65. The molecule has 24 heavy (non-hydrogen) atoms. The highest BCUT2D eigenvalue weighted by Gasteiger charge is 2.13. The van der Waals surface area contributed by atoms with Gasteiger partial charge in [0.25, 0.3) is 0 Å². The first kappa shape index (κ1) is 17.7. The minimum absolute atomic E-state index is 0.108. The molecule has 0 radical (unpaired) electrons. The molecule has 0 unspecified atom stereocenters. The maximum atomic E-state index is 12.2. The summed E-state index contributed by atoms with van der Waals surface area (Å²) < 4.78 is 0. The van der Waals surface area contributed by atoms with Gasteiger partial charge in [0.15, 0.2) is 5.78 Å². The van der Waals surface area contributed by atoms with Gasteiger partial charge in [-0.3, -0.25) is 9.59 Å². The van der Waals surface area contributed by atoms with E-state index in [1.54, 1.807) is 24.3 Å². The van der Waals surface area contributed by atoms with E-state index in [1.165, 1.54) is 18.7 Å². The fourth-order valence-electron chi connectivity index (χ4n) is 2.26. The molecule has 0 aliphatic rings. The molecule has 0 spiro atoms.